The van der Waals surface area contributed by atoms with E-state index in [2.05, 4.69) is 5.32 Å². The number of benzene rings is 1. The lowest BCUT2D eigenvalue weighted by Crippen LogP contribution is -2.52. The van der Waals surface area contributed by atoms with E-state index in [1.54, 1.807) is 31.2 Å². The summed E-state index contributed by atoms with van der Waals surface area (Å²) < 4.78 is 38.8. The zero-order valence-corrected chi connectivity index (χ0v) is 11.7. The SMILES string of the molecule is Cc1ccccc1NC1(C(=O)O)CCCC(C(F)(F)F)C1. The van der Waals surface area contributed by atoms with Crippen molar-refractivity contribution in [3.05, 3.63) is 29.8 Å². The molecule has 1 aromatic carbocycles. The van der Waals surface area contributed by atoms with Crippen molar-refractivity contribution in [2.75, 3.05) is 5.32 Å². The molecule has 0 heterocycles. The van der Waals surface area contributed by atoms with E-state index in [1.807, 2.05) is 0 Å². The number of carboxylic acids is 1. The van der Waals surface area contributed by atoms with Crippen molar-refractivity contribution in [2.24, 2.45) is 5.92 Å². The summed E-state index contributed by atoms with van der Waals surface area (Å²) in [5.74, 6) is -2.79. The summed E-state index contributed by atoms with van der Waals surface area (Å²) in [6, 6.07) is 7.02. The van der Waals surface area contributed by atoms with Crippen molar-refractivity contribution in [3.8, 4) is 0 Å². The molecular formula is C15H18F3NO2. The fourth-order valence-electron chi connectivity index (χ4n) is 2.89. The third kappa shape index (κ3) is 3.31. The largest absolute Gasteiger partial charge is 0.480 e. The minimum absolute atomic E-state index is 0.00597. The van der Waals surface area contributed by atoms with Gasteiger partial charge in [-0.3, -0.25) is 0 Å². The molecule has 0 radical (unpaired) electrons. The second-order valence-electron chi connectivity index (χ2n) is 5.66. The number of nitrogens with one attached hydrogen (secondary N) is 1. The number of para-hydroxylation sites is 1. The first-order valence-electron chi connectivity index (χ1n) is 6.88. The van der Waals surface area contributed by atoms with Gasteiger partial charge in [0.2, 0.25) is 0 Å². The first kappa shape index (κ1) is 15.7. The molecule has 1 aromatic rings. The van der Waals surface area contributed by atoms with Gasteiger partial charge in [0.15, 0.2) is 0 Å². The van der Waals surface area contributed by atoms with Crippen LogP contribution >= 0.6 is 0 Å². The van der Waals surface area contributed by atoms with Crippen LogP contribution in [0.1, 0.15) is 31.2 Å². The lowest BCUT2D eigenvalue weighted by molar-refractivity contribution is -0.188. The second-order valence-corrected chi connectivity index (χ2v) is 5.66. The van der Waals surface area contributed by atoms with Gasteiger partial charge in [-0.25, -0.2) is 4.79 Å². The third-order valence-electron chi connectivity index (χ3n) is 4.14. The molecule has 21 heavy (non-hydrogen) atoms. The van der Waals surface area contributed by atoms with Crippen molar-refractivity contribution in [1.82, 2.24) is 0 Å². The Bertz CT molecular complexity index is 530. The normalized spacial score (nSPS) is 26.4. The summed E-state index contributed by atoms with van der Waals surface area (Å²) in [6.45, 7) is 1.79. The molecule has 0 bridgehead atoms. The van der Waals surface area contributed by atoms with E-state index >= 15 is 0 Å². The molecular weight excluding hydrogens is 283 g/mol. The first-order chi connectivity index (χ1) is 9.74. The van der Waals surface area contributed by atoms with Gasteiger partial charge in [0.05, 0.1) is 5.92 Å². The van der Waals surface area contributed by atoms with Crippen LogP contribution in [0.4, 0.5) is 18.9 Å². The van der Waals surface area contributed by atoms with Crippen molar-refractivity contribution >= 4 is 11.7 Å². The third-order valence-corrected chi connectivity index (χ3v) is 4.14. The van der Waals surface area contributed by atoms with Crippen molar-refractivity contribution < 1.29 is 23.1 Å². The monoisotopic (exact) mass is 301 g/mol. The predicted octanol–water partition coefficient (Wildman–Crippen LogP) is 3.98. The maximum atomic E-state index is 12.9. The molecule has 2 unspecified atom stereocenters. The molecule has 116 valence electrons. The number of aliphatic carboxylic acids is 1. The molecule has 1 saturated carbocycles. The number of hydrogen-bond donors (Lipinski definition) is 2. The standard InChI is InChI=1S/C15H18F3NO2/c1-10-5-2-3-7-12(10)19-14(13(20)21)8-4-6-11(9-14)15(16,17)18/h2-3,5,7,11,19H,4,6,8-9H2,1H3,(H,20,21). The van der Waals surface area contributed by atoms with Crippen LogP contribution in [0.25, 0.3) is 0 Å². The molecule has 2 atom stereocenters. The van der Waals surface area contributed by atoms with Crippen LogP contribution in [0.3, 0.4) is 0 Å². The Morgan fingerprint density at radius 3 is 2.62 bits per heavy atom. The van der Waals surface area contributed by atoms with Crippen LogP contribution in [0.15, 0.2) is 24.3 Å². The van der Waals surface area contributed by atoms with Crippen LogP contribution in [0.5, 0.6) is 0 Å². The van der Waals surface area contributed by atoms with Crippen molar-refractivity contribution in [1.29, 1.82) is 0 Å². The maximum Gasteiger partial charge on any atom is 0.391 e. The second kappa shape index (κ2) is 5.58. The fraction of sp³-hybridized carbons (Fsp3) is 0.533. The molecule has 1 aliphatic carbocycles. The maximum absolute atomic E-state index is 12.9. The van der Waals surface area contributed by atoms with Gasteiger partial charge in [-0.05, 0) is 44.2 Å². The lowest BCUT2D eigenvalue weighted by atomic mass is 9.75. The summed E-state index contributed by atoms with van der Waals surface area (Å²) in [7, 11) is 0. The predicted molar refractivity (Wildman–Crippen MR) is 73.2 cm³/mol. The van der Waals surface area contributed by atoms with Gasteiger partial charge in [0, 0.05) is 5.69 Å². The van der Waals surface area contributed by atoms with Crippen LogP contribution in [-0.4, -0.2) is 22.8 Å². The van der Waals surface area contributed by atoms with E-state index in [0.29, 0.717) is 5.69 Å². The quantitative estimate of drug-likeness (QED) is 0.887. The highest BCUT2D eigenvalue weighted by Crippen LogP contribution is 2.43. The highest BCUT2D eigenvalue weighted by atomic mass is 19.4. The zero-order chi connectivity index (χ0) is 15.7. The molecule has 0 amide bonds. The summed E-state index contributed by atoms with van der Waals surface area (Å²) >= 11 is 0. The summed E-state index contributed by atoms with van der Waals surface area (Å²) in [4.78, 5) is 11.6. The molecule has 6 heteroatoms. The average molecular weight is 301 g/mol. The molecule has 2 rings (SSSR count). The molecule has 0 saturated heterocycles. The van der Waals surface area contributed by atoms with E-state index in [-0.39, 0.29) is 19.3 Å². The molecule has 0 aliphatic heterocycles. The summed E-state index contributed by atoms with van der Waals surface area (Å²) in [5, 5.41) is 12.4. The van der Waals surface area contributed by atoms with E-state index in [0.717, 1.165) is 5.56 Å². The van der Waals surface area contributed by atoms with E-state index in [4.69, 9.17) is 0 Å². The Labute approximate surface area is 121 Å². The van der Waals surface area contributed by atoms with Gasteiger partial charge in [0.1, 0.15) is 5.54 Å². The van der Waals surface area contributed by atoms with E-state index < -0.39 is 30.0 Å². The van der Waals surface area contributed by atoms with Crippen LogP contribution in [0.2, 0.25) is 0 Å². The molecule has 1 aliphatic rings. The summed E-state index contributed by atoms with van der Waals surface area (Å²) in [5.41, 5.74) is -0.167. The van der Waals surface area contributed by atoms with E-state index in [9.17, 15) is 23.1 Å². The molecule has 2 N–H and O–H groups in total. The van der Waals surface area contributed by atoms with Gasteiger partial charge in [-0.2, -0.15) is 13.2 Å². The highest BCUT2D eigenvalue weighted by Gasteiger charge is 2.51. The number of hydrogen-bond acceptors (Lipinski definition) is 2. The smallest absolute Gasteiger partial charge is 0.391 e. The zero-order valence-electron chi connectivity index (χ0n) is 11.7. The Morgan fingerprint density at radius 1 is 1.38 bits per heavy atom. The van der Waals surface area contributed by atoms with E-state index in [1.165, 1.54) is 0 Å². The van der Waals surface area contributed by atoms with Crippen molar-refractivity contribution in [3.63, 3.8) is 0 Å². The number of alkyl halides is 3. The Kier molecular flexibility index (Phi) is 4.16. The summed E-state index contributed by atoms with van der Waals surface area (Å²) in [6.07, 6.45) is -4.35. The van der Waals surface area contributed by atoms with Gasteiger partial charge >= 0.3 is 12.1 Å². The number of halogens is 3. The topological polar surface area (TPSA) is 49.3 Å². The molecule has 3 nitrogen and oxygen atoms in total. The Morgan fingerprint density at radius 2 is 2.05 bits per heavy atom. The number of anilines is 1. The fourth-order valence-corrected chi connectivity index (χ4v) is 2.89. The molecule has 0 aromatic heterocycles. The van der Waals surface area contributed by atoms with Crippen LogP contribution < -0.4 is 5.32 Å². The number of aryl methyl sites for hydroxylation is 1. The minimum Gasteiger partial charge on any atom is -0.480 e. The van der Waals surface area contributed by atoms with Crippen LogP contribution in [0, 0.1) is 12.8 Å². The molecule has 0 spiro atoms. The van der Waals surface area contributed by atoms with Gasteiger partial charge < -0.3 is 10.4 Å². The highest BCUT2D eigenvalue weighted by molar-refractivity contribution is 5.83. The lowest BCUT2D eigenvalue weighted by Gasteiger charge is -2.39. The van der Waals surface area contributed by atoms with Gasteiger partial charge in [-0.1, -0.05) is 18.2 Å². The Balaban J connectivity index is 2.29. The Hall–Kier alpha value is -1.72. The van der Waals surface area contributed by atoms with Gasteiger partial charge in [-0.15, -0.1) is 0 Å². The average Bonchev–Trinajstić information content (AvgIpc) is 2.40. The number of rotatable bonds is 3. The number of carboxylic acid groups (broad SMARTS) is 1. The van der Waals surface area contributed by atoms with Crippen molar-refractivity contribution in [2.45, 2.75) is 44.3 Å². The van der Waals surface area contributed by atoms with Gasteiger partial charge in [0.25, 0.3) is 0 Å². The first-order valence-corrected chi connectivity index (χ1v) is 6.88. The molecule has 1 fully saturated rings. The minimum atomic E-state index is -4.35. The number of carbonyl (C=O) groups is 1. The van der Waals surface area contributed by atoms with Crippen LogP contribution in [-0.2, 0) is 4.79 Å².